The monoisotopic (exact) mass is 557 g/mol. The average Bonchev–Trinajstić information content (AvgIpc) is 3.31. The molecule has 1 aliphatic rings. The lowest BCUT2D eigenvalue weighted by Gasteiger charge is -2.15. The summed E-state index contributed by atoms with van der Waals surface area (Å²) < 4.78 is 1.31. The molecule has 0 radical (unpaired) electrons. The van der Waals surface area contributed by atoms with Gasteiger partial charge in [-0.1, -0.05) is 33.8 Å². The van der Waals surface area contributed by atoms with Gasteiger partial charge in [-0.2, -0.15) is 5.26 Å². The third kappa shape index (κ3) is 5.34. The minimum absolute atomic E-state index is 0.00523. The number of fused-ring (bicyclic) bond motifs is 2. The van der Waals surface area contributed by atoms with Crippen LogP contribution in [0.4, 0.5) is 0 Å². The zero-order chi connectivity index (χ0) is 30.2. The van der Waals surface area contributed by atoms with Gasteiger partial charge < -0.3 is 10.2 Å². The summed E-state index contributed by atoms with van der Waals surface area (Å²) in [5.74, 6) is -6.52. The lowest BCUT2D eigenvalue weighted by Crippen LogP contribution is -2.33. The molecule has 0 aliphatic carbocycles. The summed E-state index contributed by atoms with van der Waals surface area (Å²) in [7, 11) is 0. The molecular formula is C29H27N5O7. The fourth-order valence-corrected chi connectivity index (χ4v) is 4.56. The first-order chi connectivity index (χ1) is 19.3. The maximum absolute atomic E-state index is 13.0. The van der Waals surface area contributed by atoms with E-state index >= 15 is 0 Å². The van der Waals surface area contributed by atoms with Crippen molar-refractivity contribution < 1.29 is 34.2 Å². The molecule has 1 aromatic heterocycles. The van der Waals surface area contributed by atoms with Gasteiger partial charge >= 0.3 is 0 Å². The summed E-state index contributed by atoms with van der Waals surface area (Å²) in [4.78, 5) is 64.6. The summed E-state index contributed by atoms with van der Waals surface area (Å²) in [6, 6.07) is 9.28. The molecule has 2 heterocycles. The number of rotatable bonds is 8. The largest absolute Gasteiger partial charge is 0.494 e. The van der Waals surface area contributed by atoms with E-state index in [1.165, 1.54) is 41.0 Å². The lowest BCUT2D eigenvalue weighted by atomic mass is 9.95. The quantitative estimate of drug-likeness (QED) is 0.179. The number of hydrogen-bond donors (Lipinski definition) is 2. The number of ketones is 1. The van der Waals surface area contributed by atoms with E-state index in [-0.39, 0.29) is 57.8 Å². The van der Waals surface area contributed by atoms with Gasteiger partial charge in [-0.05, 0) is 42.2 Å². The van der Waals surface area contributed by atoms with E-state index in [2.05, 4.69) is 10.2 Å². The third-order valence-corrected chi connectivity index (χ3v) is 6.49. The van der Waals surface area contributed by atoms with Crippen LogP contribution in [0.5, 0.6) is 11.8 Å². The Morgan fingerprint density at radius 1 is 0.829 bits per heavy atom. The van der Waals surface area contributed by atoms with Gasteiger partial charge in [0, 0.05) is 35.0 Å². The van der Waals surface area contributed by atoms with Gasteiger partial charge in [0.05, 0.1) is 17.2 Å². The number of benzene rings is 2. The maximum Gasteiger partial charge on any atom is 0.295 e. The molecule has 4 amide bonds. The highest BCUT2D eigenvalue weighted by molar-refractivity contribution is 6.22. The van der Waals surface area contributed by atoms with Crippen LogP contribution in [0.1, 0.15) is 69.1 Å². The Bertz CT molecular complexity index is 1690. The van der Waals surface area contributed by atoms with E-state index in [1.54, 1.807) is 6.07 Å². The van der Waals surface area contributed by atoms with Crippen LogP contribution < -0.4 is 0 Å². The molecule has 1 aliphatic heterocycles. The van der Waals surface area contributed by atoms with Crippen molar-refractivity contribution in [1.29, 1.82) is 5.26 Å². The number of aromatic hydroxyl groups is 2. The molecule has 12 nitrogen and oxygen atoms in total. The lowest BCUT2D eigenvalue weighted by molar-refractivity contribution is -0.119. The van der Waals surface area contributed by atoms with Gasteiger partial charge in [0.15, 0.2) is 11.7 Å². The summed E-state index contributed by atoms with van der Waals surface area (Å²) in [6.45, 7) is 8.03. The molecule has 0 saturated heterocycles. The van der Waals surface area contributed by atoms with E-state index in [1.807, 2.05) is 27.7 Å². The molecule has 210 valence electrons. The normalized spacial score (nSPS) is 13.8. The van der Waals surface area contributed by atoms with Gasteiger partial charge in [0.2, 0.25) is 11.8 Å². The number of azo groups is 1. The second kappa shape index (κ2) is 11.1. The molecule has 12 heteroatoms. The van der Waals surface area contributed by atoms with E-state index < -0.39 is 35.3 Å². The van der Waals surface area contributed by atoms with Crippen LogP contribution in [0.25, 0.3) is 10.8 Å². The van der Waals surface area contributed by atoms with Crippen molar-refractivity contribution in [2.24, 2.45) is 28.0 Å². The molecule has 41 heavy (non-hydrogen) atoms. The number of hydrogen-bond acceptors (Lipinski definition) is 8. The van der Waals surface area contributed by atoms with Crippen molar-refractivity contribution in [2.75, 3.05) is 6.54 Å². The first-order valence-corrected chi connectivity index (χ1v) is 12.8. The predicted octanol–water partition coefficient (Wildman–Crippen LogP) is 4.10. The number of amides is 4. The maximum atomic E-state index is 13.0. The molecule has 4 rings (SSSR count). The fraction of sp³-hybridized carbons (Fsp3) is 0.310. The summed E-state index contributed by atoms with van der Waals surface area (Å²) >= 11 is 0. The van der Waals surface area contributed by atoms with Gasteiger partial charge in [0.25, 0.3) is 23.6 Å². The van der Waals surface area contributed by atoms with Crippen LogP contribution in [0, 0.1) is 29.1 Å². The Balaban J connectivity index is 1.53. The zero-order valence-corrected chi connectivity index (χ0v) is 22.8. The molecule has 0 fully saturated rings. The highest BCUT2D eigenvalue weighted by atomic mass is 16.3. The van der Waals surface area contributed by atoms with Crippen LogP contribution >= 0.6 is 0 Å². The summed E-state index contributed by atoms with van der Waals surface area (Å²) in [5.41, 5.74) is -0.0921. The highest BCUT2D eigenvalue weighted by Gasteiger charge is 2.37. The molecule has 0 saturated carbocycles. The number of carbonyl (C=O) groups is 5. The number of aromatic nitrogens is 1. The van der Waals surface area contributed by atoms with Crippen molar-refractivity contribution in [2.45, 2.75) is 34.2 Å². The number of Topliss-reactive ketones (excluding diaryl/α,β-unsaturated/α-hetero) is 1. The Hall–Kier alpha value is -5.18. The highest BCUT2D eigenvalue weighted by Crippen LogP contribution is 2.37. The van der Waals surface area contributed by atoms with Crippen LogP contribution in [0.2, 0.25) is 0 Å². The van der Waals surface area contributed by atoms with Crippen molar-refractivity contribution in [3.8, 4) is 17.8 Å². The third-order valence-electron chi connectivity index (χ3n) is 6.49. The Labute approximate surface area is 234 Å². The number of imide groups is 1. The van der Waals surface area contributed by atoms with E-state index in [9.17, 15) is 39.4 Å². The summed E-state index contributed by atoms with van der Waals surface area (Å²) in [6.07, 6.45) is 0. The standard InChI is InChI=1S/C29H27N5O7/c1-14(2)12-33-26(38)18-7-5-16(9-20(18)28(33)40)23(35)22(11-30)25(37)32-31-24(36)17-6-8-19-21(10-17)29(41)34(27(19)39)13-15(3)4/h5-10,14-15,22,39,41H,12-13H2,1-4H3. The average molecular weight is 558 g/mol. The van der Waals surface area contributed by atoms with E-state index in [4.69, 9.17) is 0 Å². The molecule has 0 spiro atoms. The number of nitriles is 1. The fourth-order valence-electron chi connectivity index (χ4n) is 4.56. The second-order valence-corrected chi connectivity index (χ2v) is 10.6. The molecule has 2 aromatic carbocycles. The second-order valence-electron chi connectivity index (χ2n) is 10.6. The minimum atomic E-state index is -1.95. The number of carbonyl (C=O) groups excluding carboxylic acids is 5. The topological polar surface area (TPSA) is 182 Å². The van der Waals surface area contributed by atoms with Crippen LogP contribution in [0.15, 0.2) is 46.6 Å². The van der Waals surface area contributed by atoms with Gasteiger partial charge in [0.1, 0.15) is 0 Å². The van der Waals surface area contributed by atoms with E-state index in [0.717, 1.165) is 4.90 Å². The summed E-state index contributed by atoms with van der Waals surface area (Å²) in [5, 5.41) is 37.6. The van der Waals surface area contributed by atoms with Crippen LogP contribution in [0.3, 0.4) is 0 Å². The van der Waals surface area contributed by atoms with E-state index in [0.29, 0.717) is 11.9 Å². The van der Waals surface area contributed by atoms with Crippen molar-refractivity contribution >= 4 is 40.2 Å². The number of nitrogens with zero attached hydrogens (tertiary/aromatic N) is 5. The Morgan fingerprint density at radius 3 is 2.07 bits per heavy atom. The van der Waals surface area contributed by atoms with Gasteiger partial charge in [-0.25, -0.2) is 0 Å². The first kappa shape index (κ1) is 28.8. The van der Waals surface area contributed by atoms with Crippen molar-refractivity contribution in [1.82, 2.24) is 9.47 Å². The Kier molecular flexibility index (Phi) is 7.82. The molecule has 1 unspecified atom stereocenters. The molecule has 2 N–H and O–H groups in total. The zero-order valence-electron chi connectivity index (χ0n) is 22.8. The van der Waals surface area contributed by atoms with Crippen LogP contribution in [-0.4, -0.2) is 55.6 Å². The smallest absolute Gasteiger partial charge is 0.295 e. The molecule has 3 aromatic rings. The Morgan fingerprint density at radius 2 is 1.44 bits per heavy atom. The van der Waals surface area contributed by atoms with Crippen molar-refractivity contribution in [3.05, 3.63) is 58.7 Å². The van der Waals surface area contributed by atoms with Gasteiger partial charge in [-0.15, -0.1) is 10.2 Å². The van der Waals surface area contributed by atoms with Crippen molar-refractivity contribution in [3.63, 3.8) is 0 Å². The SMILES string of the molecule is CC(C)CN1C(=O)c2ccc(C(=O)C(C#N)C(=O)N=NC(=O)c3ccc4c(O)n(CC(C)C)c(O)c4c3)cc2C1=O. The molecule has 0 bridgehead atoms. The first-order valence-electron chi connectivity index (χ1n) is 12.8. The minimum Gasteiger partial charge on any atom is -0.494 e. The molecular weight excluding hydrogens is 530 g/mol. The predicted molar refractivity (Wildman–Crippen MR) is 144 cm³/mol. The molecule has 1 atom stereocenters. The van der Waals surface area contributed by atoms with Gasteiger partial charge in [-0.3, -0.25) is 33.4 Å². The van der Waals surface area contributed by atoms with Crippen LogP contribution in [-0.2, 0) is 11.3 Å².